The third kappa shape index (κ3) is 4.20. The number of nitrogens with one attached hydrogen (secondary N) is 1. The number of ether oxygens (including phenoxy) is 1. The van der Waals surface area contributed by atoms with Crippen LogP contribution in [0.25, 0.3) is 5.69 Å². The van der Waals surface area contributed by atoms with E-state index in [0.29, 0.717) is 6.42 Å². The van der Waals surface area contributed by atoms with Crippen LogP contribution in [0.15, 0.2) is 54.7 Å². The van der Waals surface area contributed by atoms with Gasteiger partial charge in [0.15, 0.2) is 0 Å². The fraction of sp³-hybridized carbons (Fsp3) is 0.261. The largest absolute Gasteiger partial charge is 0.497 e. The van der Waals surface area contributed by atoms with Crippen LogP contribution in [0.1, 0.15) is 46.8 Å². The maximum absolute atomic E-state index is 12.6. The Hall–Kier alpha value is -3.61. The number of benzene rings is 2. The highest BCUT2D eigenvalue weighted by Crippen LogP contribution is 2.36. The lowest BCUT2D eigenvalue weighted by Gasteiger charge is -2.25. The summed E-state index contributed by atoms with van der Waals surface area (Å²) in [5, 5.41) is 7.10. The number of carbonyl (C=O) groups excluding carboxylic acids is 2. The van der Waals surface area contributed by atoms with Crippen LogP contribution in [0.2, 0.25) is 0 Å². The SMILES string of the molecule is COc1ccc2c(c1)CCCC2CC(=O)Nc1ccc(-n2ccc(C(N)=O)n2)cc1. The Labute approximate surface area is 174 Å². The van der Waals surface area contributed by atoms with Crippen LogP contribution < -0.4 is 15.8 Å². The Bertz CT molecular complexity index is 1070. The van der Waals surface area contributed by atoms with Gasteiger partial charge in [-0.15, -0.1) is 0 Å². The first-order chi connectivity index (χ1) is 14.5. The zero-order chi connectivity index (χ0) is 21.1. The molecule has 1 heterocycles. The molecule has 1 atom stereocenters. The molecule has 154 valence electrons. The minimum atomic E-state index is -0.569. The molecule has 2 amide bonds. The van der Waals surface area contributed by atoms with Gasteiger partial charge in [-0.05, 0) is 78.8 Å². The molecule has 3 N–H and O–H groups in total. The van der Waals surface area contributed by atoms with Gasteiger partial charge in [0.1, 0.15) is 11.4 Å². The van der Waals surface area contributed by atoms with E-state index in [0.717, 1.165) is 36.4 Å². The van der Waals surface area contributed by atoms with Crippen molar-refractivity contribution >= 4 is 17.5 Å². The molecule has 0 fully saturated rings. The Morgan fingerprint density at radius 1 is 1.20 bits per heavy atom. The summed E-state index contributed by atoms with van der Waals surface area (Å²) in [4.78, 5) is 23.8. The third-order valence-corrected chi connectivity index (χ3v) is 5.48. The number of methoxy groups -OCH3 is 1. The minimum Gasteiger partial charge on any atom is -0.497 e. The Balaban J connectivity index is 1.40. The lowest BCUT2D eigenvalue weighted by molar-refractivity contribution is -0.116. The second-order valence-electron chi connectivity index (χ2n) is 7.46. The highest BCUT2D eigenvalue weighted by Gasteiger charge is 2.23. The van der Waals surface area contributed by atoms with Crippen LogP contribution in [-0.2, 0) is 11.2 Å². The molecule has 0 aliphatic heterocycles. The van der Waals surface area contributed by atoms with Crippen molar-refractivity contribution in [3.05, 3.63) is 71.5 Å². The lowest BCUT2D eigenvalue weighted by atomic mass is 9.81. The Morgan fingerprint density at radius 3 is 2.70 bits per heavy atom. The molecule has 0 saturated carbocycles. The molecule has 0 spiro atoms. The molecule has 0 radical (unpaired) electrons. The Morgan fingerprint density at radius 2 is 2.00 bits per heavy atom. The quantitative estimate of drug-likeness (QED) is 0.657. The van der Waals surface area contributed by atoms with Gasteiger partial charge < -0.3 is 15.8 Å². The molecule has 30 heavy (non-hydrogen) atoms. The lowest BCUT2D eigenvalue weighted by Crippen LogP contribution is -2.19. The topological polar surface area (TPSA) is 99.2 Å². The van der Waals surface area contributed by atoms with Crippen LogP contribution in [0.5, 0.6) is 5.75 Å². The number of aromatic nitrogens is 2. The molecule has 0 saturated heterocycles. The number of rotatable bonds is 6. The zero-order valence-electron chi connectivity index (χ0n) is 16.8. The normalized spacial score (nSPS) is 15.3. The van der Waals surface area contributed by atoms with Crippen molar-refractivity contribution < 1.29 is 14.3 Å². The first kappa shape index (κ1) is 19.7. The first-order valence-corrected chi connectivity index (χ1v) is 9.96. The predicted molar refractivity (Wildman–Crippen MR) is 114 cm³/mol. The molecular formula is C23H24N4O3. The summed E-state index contributed by atoms with van der Waals surface area (Å²) in [6.07, 6.45) is 5.22. The van der Waals surface area contributed by atoms with E-state index >= 15 is 0 Å². The summed E-state index contributed by atoms with van der Waals surface area (Å²) in [5.74, 6) is 0.501. The number of amides is 2. The number of nitrogens with two attached hydrogens (primary N) is 1. The number of hydrogen-bond donors (Lipinski definition) is 2. The van der Waals surface area contributed by atoms with E-state index in [2.05, 4.69) is 22.5 Å². The highest BCUT2D eigenvalue weighted by molar-refractivity contribution is 5.91. The number of hydrogen-bond acceptors (Lipinski definition) is 4. The number of fused-ring (bicyclic) bond motifs is 1. The summed E-state index contributed by atoms with van der Waals surface area (Å²) >= 11 is 0. The molecule has 0 bridgehead atoms. The molecule has 1 aliphatic carbocycles. The standard InChI is InChI=1S/C23H24N4O3/c1-30-19-9-10-20-15(13-19)3-2-4-16(20)14-22(28)25-17-5-7-18(8-6-17)27-12-11-21(26-27)23(24)29/h5-13,16H,2-4,14H2,1H3,(H2,24,29)(H,25,28). The van der Waals surface area contributed by atoms with Gasteiger partial charge in [0.2, 0.25) is 5.91 Å². The molecule has 3 aromatic rings. The van der Waals surface area contributed by atoms with E-state index < -0.39 is 5.91 Å². The molecule has 7 heteroatoms. The van der Waals surface area contributed by atoms with Crippen LogP contribution >= 0.6 is 0 Å². The van der Waals surface area contributed by atoms with Crippen molar-refractivity contribution in [1.29, 1.82) is 0 Å². The smallest absolute Gasteiger partial charge is 0.269 e. The van der Waals surface area contributed by atoms with Crippen molar-refractivity contribution in [2.24, 2.45) is 5.73 Å². The van der Waals surface area contributed by atoms with Crippen LogP contribution in [-0.4, -0.2) is 28.7 Å². The molecule has 1 aliphatic rings. The van der Waals surface area contributed by atoms with E-state index in [1.165, 1.54) is 11.1 Å². The van der Waals surface area contributed by atoms with Crippen LogP contribution in [0.3, 0.4) is 0 Å². The average Bonchev–Trinajstić information content (AvgIpc) is 3.25. The zero-order valence-corrected chi connectivity index (χ0v) is 16.8. The molecule has 4 rings (SSSR count). The van der Waals surface area contributed by atoms with Crippen molar-refractivity contribution in [2.75, 3.05) is 12.4 Å². The number of carbonyl (C=O) groups is 2. The average molecular weight is 404 g/mol. The number of primary amides is 1. The van der Waals surface area contributed by atoms with Gasteiger partial charge in [0.25, 0.3) is 5.91 Å². The van der Waals surface area contributed by atoms with Crippen molar-refractivity contribution in [2.45, 2.75) is 31.6 Å². The van der Waals surface area contributed by atoms with Crippen molar-refractivity contribution in [1.82, 2.24) is 9.78 Å². The fourth-order valence-corrected chi connectivity index (χ4v) is 3.96. The van der Waals surface area contributed by atoms with E-state index in [1.807, 2.05) is 30.3 Å². The first-order valence-electron chi connectivity index (χ1n) is 9.96. The van der Waals surface area contributed by atoms with Gasteiger partial charge in [-0.2, -0.15) is 5.10 Å². The number of nitrogens with zero attached hydrogens (tertiary/aromatic N) is 2. The molecule has 1 unspecified atom stereocenters. The fourth-order valence-electron chi connectivity index (χ4n) is 3.96. The minimum absolute atomic E-state index is 0.00785. The monoisotopic (exact) mass is 404 g/mol. The summed E-state index contributed by atoms with van der Waals surface area (Å²) in [6.45, 7) is 0. The van der Waals surface area contributed by atoms with Crippen molar-refractivity contribution in [3.8, 4) is 11.4 Å². The molecular weight excluding hydrogens is 380 g/mol. The molecule has 1 aromatic heterocycles. The van der Waals surface area contributed by atoms with Crippen LogP contribution in [0, 0.1) is 0 Å². The van der Waals surface area contributed by atoms with Gasteiger partial charge in [-0.3, -0.25) is 9.59 Å². The van der Waals surface area contributed by atoms with E-state index in [9.17, 15) is 9.59 Å². The molecule has 2 aromatic carbocycles. The maximum Gasteiger partial charge on any atom is 0.269 e. The highest BCUT2D eigenvalue weighted by atomic mass is 16.5. The van der Waals surface area contributed by atoms with E-state index in [-0.39, 0.29) is 17.5 Å². The van der Waals surface area contributed by atoms with Gasteiger partial charge in [0.05, 0.1) is 12.8 Å². The van der Waals surface area contributed by atoms with E-state index in [1.54, 1.807) is 24.1 Å². The second-order valence-corrected chi connectivity index (χ2v) is 7.46. The second kappa shape index (κ2) is 8.41. The van der Waals surface area contributed by atoms with Gasteiger partial charge >= 0.3 is 0 Å². The van der Waals surface area contributed by atoms with Crippen molar-refractivity contribution in [3.63, 3.8) is 0 Å². The molecule has 7 nitrogen and oxygen atoms in total. The van der Waals surface area contributed by atoms with Gasteiger partial charge in [0, 0.05) is 18.3 Å². The predicted octanol–water partition coefficient (Wildman–Crippen LogP) is 3.43. The Kier molecular flexibility index (Phi) is 5.52. The van der Waals surface area contributed by atoms with Gasteiger partial charge in [-0.25, -0.2) is 4.68 Å². The summed E-state index contributed by atoms with van der Waals surface area (Å²) in [7, 11) is 1.67. The number of aryl methyl sites for hydroxylation is 1. The summed E-state index contributed by atoms with van der Waals surface area (Å²) in [6, 6.07) is 15.0. The summed E-state index contributed by atoms with van der Waals surface area (Å²) in [5.41, 5.74) is 9.46. The van der Waals surface area contributed by atoms with E-state index in [4.69, 9.17) is 10.5 Å². The number of anilines is 1. The van der Waals surface area contributed by atoms with Gasteiger partial charge in [-0.1, -0.05) is 6.07 Å². The maximum atomic E-state index is 12.6. The summed E-state index contributed by atoms with van der Waals surface area (Å²) < 4.78 is 6.89. The third-order valence-electron chi connectivity index (χ3n) is 5.48. The van der Waals surface area contributed by atoms with Crippen LogP contribution in [0.4, 0.5) is 5.69 Å².